The number of amides is 1. The summed E-state index contributed by atoms with van der Waals surface area (Å²) in [6.07, 6.45) is 3.67. The number of halogens is 1. The summed E-state index contributed by atoms with van der Waals surface area (Å²) in [5.41, 5.74) is 6.46. The Kier molecular flexibility index (Phi) is 8.85. The first-order valence-electron chi connectivity index (χ1n) is 9.63. The van der Waals surface area contributed by atoms with Crippen molar-refractivity contribution in [3.63, 3.8) is 0 Å². The van der Waals surface area contributed by atoms with Gasteiger partial charge in [0.25, 0.3) is 5.91 Å². The number of hydrogen-bond acceptors (Lipinski definition) is 6. The van der Waals surface area contributed by atoms with Gasteiger partial charge in [-0.1, -0.05) is 24.8 Å². The molecule has 160 valence electrons. The maximum Gasteiger partial charge on any atom is 0.259 e. The van der Waals surface area contributed by atoms with Gasteiger partial charge in [0.2, 0.25) is 0 Å². The van der Waals surface area contributed by atoms with Crippen molar-refractivity contribution in [2.24, 2.45) is 5.73 Å². The second-order valence-corrected chi connectivity index (χ2v) is 7.99. The van der Waals surface area contributed by atoms with Crippen LogP contribution in [0.5, 0.6) is 11.5 Å². The normalized spacial score (nSPS) is 15.4. The molecule has 0 radical (unpaired) electrons. The molecule has 1 aliphatic heterocycles. The van der Waals surface area contributed by atoms with Gasteiger partial charge in [0, 0.05) is 35.8 Å². The fraction of sp³-hybridized carbons (Fsp3) is 0.476. The van der Waals surface area contributed by atoms with Gasteiger partial charge in [0.05, 0.1) is 24.7 Å². The molecular weight excluding hydrogens is 393 g/mol. The van der Waals surface area contributed by atoms with Crippen molar-refractivity contribution in [1.82, 2.24) is 10.2 Å². The average molecular weight is 424 g/mol. The Hall–Kier alpha value is -2.19. The number of ether oxygens (including phenoxy) is 2. The van der Waals surface area contributed by atoms with Crippen molar-refractivity contribution in [3.8, 4) is 11.5 Å². The van der Waals surface area contributed by atoms with E-state index in [2.05, 4.69) is 16.8 Å². The molecule has 1 saturated heterocycles. The van der Waals surface area contributed by atoms with Crippen LogP contribution < -0.4 is 20.5 Å². The molecule has 8 heteroatoms. The van der Waals surface area contributed by atoms with E-state index in [0.29, 0.717) is 27.8 Å². The molecule has 0 aromatic heterocycles. The number of rotatable bonds is 9. The number of methoxy groups -OCH3 is 2. The van der Waals surface area contributed by atoms with Gasteiger partial charge < -0.3 is 25.4 Å². The quantitative estimate of drug-likeness (QED) is 0.594. The van der Waals surface area contributed by atoms with Gasteiger partial charge in [0.15, 0.2) is 0 Å². The number of carbonyl (C=O) groups excluding carboxylic acids is 1. The fourth-order valence-electron chi connectivity index (χ4n) is 3.18. The van der Waals surface area contributed by atoms with E-state index >= 15 is 0 Å². The highest BCUT2D eigenvalue weighted by Gasteiger charge is 2.21. The number of nitrogens with two attached hydrogens (primary N) is 1. The number of piperidine rings is 1. The van der Waals surface area contributed by atoms with Gasteiger partial charge in [-0.2, -0.15) is 0 Å². The van der Waals surface area contributed by atoms with Gasteiger partial charge in [0.1, 0.15) is 17.3 Å². The van der Waals surface area contributed by atoms with Crippen LogP contribution in [0.4, 0.5) is 4.39 Å². The van der Waals surface area contributed by atoms with Gasteiger partial charge in [-0.3, -0.25) is 4.79 Å². The third-order valence-corrected chi connectivity index (χ3v) is 5.88. The summed E-state index contributed by atoms with van der Waals surface area (Å²) in [6, 6.07) is 2.82. The number of allylic oxidation sites excluding steroid dienone is 1. The predicted octanol–water partition coefficient (Wildman–Crippen LogP) is 3.34. The summed E-state index contributed by atoms with van der Waals surface area (Å²) >= 11 is 1.03. The highest BCUT2D eigenvalue weighted by Crippen LogP contribution is 2.40. The van der Waals surface area contributed by atoms with Gasteiger partial charge in [-0.15, -0.1) is 0 Å². The van der Waals surface area contributed by atoms with E-state index in [1.807, 2.05) is 0 Å². The topological polar surface area (TPSA) is 76.8 Å². The van der Waals surface area contributed by atoms with Crippen molar-refractivity contribution < 1.29 is 18.7 Å². The van der Waals surface area contributed by atoms with Crippen molar-refractivity contribution in [3.05, 3.63) is 40.7 Å². The first kappa shape index (κ1) is 23.1. The fourth-order valence-corrected chi connectivity index (χ4v) is 4.05. The van der Waals surface area contributed by atoms with Crippen LogP contribution >= 0.6 is 11.8 Å². The number of nitrogens with one attached hydrogen (secondary N) is 1. The van der Waals surface area contributed by atoms with Crippen LogP contribution in [0.1, 0.15) is 31.7 Å². The molecule has 0 atom stereocenters. The standard InChI is InChI=1S/C21H30FN3O3S/c1-14(23)20(21(26)24-8-11-25-9-6-5-7-10-25)29-15(2)19-17(22)12-16(27-3)13-18(19)28-4/h12-13H,2,5-11,23H2,1,3-4H3,(H,24,26)/b20-14-. The van der Waals surface area contributed by atoms with Gasteiger partial charge in [-0.05, 0) is 32.9 Å². The van der Waals surface area contributed by atoms with Crippen molar-refractivity contribution in [2.75, 3.05) is 40.4 Å². The zero-order valence-electron chi connectivity index (χ0n) is 17.3. The molecule has 0 bridgehead atoms. The zero-order chi connectivity index (χ0) is 21.4. The molecule has 3 N–H and O–H groups in total. The van der Waals surface area contributed by atoms with E-state index in [4.69, 9.17) is 15.2 Å². The van der Waals surface area contributed by atoms with Crippen LogP contribution in [0.3, 0.4) is 0 Å². The largest absolute Gasteiger partial charge is 0.497 e. The summed E-state index contributed by atoms with van der Waals surface area (Å²) in [4.78, 5) is 15.6. The van der Waals surface area contributed by atoms with E-state index < -0.39 is 5.82 Å². The third-order valence-electron chi connectivity index (χ3n) is 4.71. The van der Waals surface area contributed by atoms with Gasteiger partial charge in [-0.25, -0.2) is 4.39 Å². The lowest BCUT2D eigenvalue weighted by atomic mass is 10.1. The van der Waals surface area contributed by atoms with Crippen LogP contribution in [0.2, 0.25) is 0 Å². The zero-order valence-corrected chi connectivity index (χ0v) is 18.2. The van der Waals surface area contributed by atoms with Crippen LogP contribution in [0.15, 0.2) is 29.3 Å². The second-order valence-electron chi connectivity index (χ2n) is 6.88. The molecule has 6 nitrogen and oxygen atoms in total. The third kappa shape index (κ3) is 6.40. The summed E-state index contributed by atoms with van der Waals surface area (Å²) in [5, 5.41) is 2.90. The lowest BCUT2D eigenvalue weighted by molar-refractivity contribution is -0.116. The Bertz CT molecular complexity index is 773. The summed E-state index contributed by atoms with van der Waals surface area (Å²) < 4.78 is 25.0. The van der Waals surface area contributed by atoms with Crippen LogP contribution in [-0.4, -0.2) is 51.2 Å². The number of hydrogen-bond donors (Lipinski definition) is 2. The maximum atomic E-state index is 14.6. The molecule has 1 fully saturated rings. The Balaban J connectivity index is 2.05. The molecule has 0 unspecified atom stereocenters. The molecule has 1 amide bonds. The van der Waals surface area contributed by atoms with Crippen LogP contribution in [0, 0.1) is 5.82 Å². The van der Waals surface area contributed by atoms with Crippen molar-refractivity contribution in [1.29, 1.82) is 0 Å². The highest BCUT2D eigenvalue weighted by molar-refractivity contribution is 8.12. The minimum absolute atomic E-state index is 0.179. The molecule has 0 spiro atoms. The van der Waals surface area contributed by atoms with Crippen LogP contribution in [0.25, 0.3) is 4.91 Å². The Morgan fingerprint density at radius 3 is 2.55 bits per heavy atom. The predicted molar refractivity (Wildman–Crippen MR) is 116 cm³/mol. The maximum absolute atomic E-state index is 14.6. The molecule has 0 aliphatic carbocycles. The molecule has 1 aliphatic rings. The van der Waals surface area contributed by atoms with E-state index in [9.17, 15) is 9.18 Å². The Morgan fingerprint density at radius 2 is 1.97 bits per heavy atom. The minimum Gasteiger partial charge on any atom is -0.497 e. The minimum atomic E-state index is -0.543. The smallest absolute Gasteiger partial charge is 0.259 e. The summed E-state index contributed by atoms with van der Waals surface area (Å²) in [6.45, 7) is 9.04. The second kappa shape index (κ2) is 11.1. The summed E-state index contributed by atoms with van der Waals surface area (Å²) in [7, 11) is 2.89. The van der Waals surface area contributed by atoms with E-state index in [1.165, 1.54) is 39.5 Å². The molecule has 1 aromatic carbocycles. The van der Waals surface area contributed by atoms with Gasteiger partial charge >= 0.3 is 0 Å². The number of likely N-dealkylation sites (tertiary alicyclic amines) is 1. The lowest BCUT2D eigenvalue weighted by Gasteiger charge is -2.26. The van der Waals surface area contributed by atoms with Crippen molar-refractivity contribution in [2.45, 2.75) is 26.2 Å². The average Bonchev–Trinajstić information content (AvgIpc) is 2.71. The van der Waals surface area contributed by atoms with E-state index in [0.717, 1.165) is 31.4 Å². The first-order chi connectivity index (χ1) is 13.9. The molecule has 2 rings (SSSR count). The highest BCUT2D eigenvalue weighted by atomic mass is 32.2. The Labute approximate surface area is 176 Å². The van der Waals surface area contributed by atoms with E-state index in [1.54, 1.807) is 13.0 Å². The Morgan fingerprint density at radius 1 is 1.28 bits per heavy atom. The molecule has 1 heterocycles. The molecular formula is C21H30FN3O3S. The summed E-state index contributed by atoms with van der Waals surface area (Å²) in [5.74, 6) is -0.222. The molecule has 0 saturated carbocycles. The number of benzene rings is 1. The number of nitrogens with zero attached hydrogens (tertiary/aromatic N) is 1. The monoisotopic (exact) mass is 423 g/mol. The SMILES string of the molecule is C=C(S/C(C(=O)NCCN1CCCCC1)=C(/C)N)c1c(F)cc(OC)cc1OC. The molecule has 1 aromatic rings. The first-order valence-corrected chi connectivity index (χ1v) is 10.4. The lowest BCUT2D eigenvalue weighted by Crippen LogP contribution is -2.38. The van der Waals surface area contributed by atoms with Crippen LogP contribution in [-0.2, 0) is 4.79 Å². The van der Waals surface area contributed by atoms with Crippen molar-refractivity contribution >= 4 is 22.6 Å². The molecule has 29 heavy (non-hydrogen) atoms. The number of thioether (sulfide) groups is 1. The number of carbonyl (C=O) groups is 1. The van der Waals surface area contributed by atoms with E-state index in [-0.39, 0.29) is 17.2 Å².